The lowest BCUT2D eigenvalue weighted by atomic mass is 9.68. The van der Waals surface area contributed by atoms with Crippen LogP contribution in [0.5, 0.6) is 0 Å². The summed E-state index contributed by atoms with van der Waals surface area (Å²) in [5, 5.41) is 3.64. The van der Waals surface area contributed by atoms with E-state index in [-0.39, 0.29) is 12.5 Å². The lowest BCUT2D eigenvalue weighted by Gasteiger charge is -2.38. The topological polar surface area (TPSA) is 47.9 Å². The van der Waals surface area contributed by atoms with Gasteiger partial charge in [0.1, 0.15) is 6.54 Å². The molecule has 5 heteroatoms. The van der Waals surface area contributed by atoms with Gasteiger partial charge in [0.2, 0.25) is 5.91 Å². The second kappa shape index (κ2) is 6.47. The van der Waals surface area contributed by atoms with Gasteiger partial charge in [0, 0.05) is 33.2 Å². The first-order chi connectivity index (χ1) is 10.6. The molecule has 3 aliphatic rings. The summed E-state index contributed by atoms with van der Waals surface area (Å²) in [6.07, 6.45) is 10.5. The molecule has 1 saturated heterocycles. The van der Waals surface area contributed by atoms with Crippen LogP contribution in [0.2, 0.25) is 0 Å². The van der Waals surface area contributed by atoms with Crippen molar-refractivity contribution in [1.29, 1.82) is 0 Å². The fraction of sp³-hybridized carbons (Fsp3) is 0.882. The normalized spacial score (nSPS) is 24.6. The van der Waals surface area contributed by atoms with E-state index in [0.717, 1.165) is 19.0 Å². The highest BCUT2D eigenvalue weighted by molar-refractivity contribution is 5.85. The van der Waals surface area contributed by atoms with Crippen molar-refractivity contribution < 1.29 is 4.79 Å². The van der Waals surface area contributed by atoms with Crippen LogP contribution in [-0.4, -0.2) is 61.4 Å². The first-order valence-corrected chi connectivity index (χ1v) is 8.84. The number of nitrogens with zero attached hydrogens (tertiary/aromatic N) is 3. The third kappa shape index (κ3) is 3.39. The van der Waals surface area contributed by atoms with Crippen molar-refractivity contribution in [2.45, 2.75) is 57.4 Å². The summed E-state index contributed by atoms with van der Waals surface area (Å²) in [5.41, 5.74) is 0.559. The van der Waals surface area contributed by atoms with E-state index < -0.39 is 0 Å². The maximum absolute atomic E-state index is 11.9. The molecule has 2 saturated carbocycles. The molecule has 3 fully saturated rings. The second-order valence-corrected chi connectivity index (χ2v) is 7.58. The Morgan fingerprint density at radius 2 is 1.95 bits per heavy atom. The molecule has 1 spiro atoms. The SMILES string of the molecule is CN(C)C(=O)CN=C(NC1CCCC1)N1CCC2(CCC2)C1. The van der Waals surface area contributed by atoms with Gasteiger partial charge < -0.3 is 15.1 Å². The molecule has 1 amide bonds. The number of hydrogen-bond acceptors (Lipinski definition) is 2. The zero-order valence-corrected chi connectivity index (χ0v) is 14.1. The Kier molecular flexibility index (Phi) is 4.59. The molecule has 5 nitrogen and oxygen atoms in total. The summed E-state index contributed by atoms with van der Waals surface area (Å²) in [6.45, 7) is 2.47. The highest BCUT2D eigenvalue weighted by atomic mass is 16.2. The largest absolute Gasteiger partial charge is 0.353 e. The molecule has 0 radical (unpaired) electrons. The van der Waals surface area contributed by atoms with Crippen molar-refractivity contribution >= 4 is 11.9 Å². The average molecular weight is 306 g/mol. The minimum atomic E-state index is 0.0725. The van der Waals surface area contributed by atoms with Crippen LogP contribution >= 0.6 is 0 Å². The zero-order valence-electron chi connectivity index (χ0n) is 14.1. The van der Waals surface area contributed by atoms with Crippen LogP contribution in [0.4, 0.5) is 0 Å². The van der Waals surface area contributed by atoms with Crippen LogP contribution in [0.15, 0.2) is 4.99 Å². The van der Waals surface area contributed by atoms with Crippen LogP contribution in [0.3, 0.4) is 0 Å². The van der Waals surface area contributed by atoms with Crippen LogP contribution in [0.25, 0.3) is 0 Å². The number of carbonyl (C=O) groups excluding carboxylic acids is 1. The lowest BCUT2D eigenvalue weighted by Crippen LogP contribution is -2.46. The molecule has 0 aromatic rings. The monoisotopic (exact) mass is 306 g/mol. The number of guanidine groups is 1. The number of hydrogen-bond donors (Lipinski definition) is 1. The number of carbonyl (C=O) groups is 1. The fourth-order valence-corrected chi connectivity index (χ4v) is 3.97. The number of likely N-dealkylation sites (tertiary alicyclic amines) is 1. The minimum Gasteiger partial charge on any atom is -0.353 e. The van der Waals surface area contributed by atoms with Crippen molar-refractivity contribution in [2.24, 2.45) is 10.4 Å². The average Bonchev–Trinajstić information content (AvgIpc) is 3.11. The second-order valence-electron chi connectivity index (χ2n) is 7.58. The molecule has 22 heavy (non-hydrogen) atoms. The molecule has 2 aliphatic carbocycles. The predicted octanol–water partition coefficient (Wildman–Crippen LogP) is 1.84. The third-order valence-corrected chi connectivity index (χ3v) is 5.70. The van der Waals surface area contributed by atoms with Gasteiger partial charge in [0.05, 0.1) is 0 Å². The number of aliphatic imine (C=N–C) groups is 1. The molecule has 1 aliphatic heterocycles. The molecular formula is C17H30N4O. The van der Waals surface area contributed by atoms with E-state index in [1.54, 1.807) is 19.0 Å². The minimum absolute atomic E-state index is 0.0725. The van der Waals surface area contributed by atoms with Gasteiger partial charge in [-0.25, -0.2) is 4.99 Å². The van der Waals surface area contributed by atoms with Crippen molar-refractivity contribution in [1.82, 2.24) is 15.1 Å². The molecule has 1 heterocycles. The van der Waals surface area contributed by atoms with E-state index in [4.69, 9.17) is 0 Å². The van der Waals surface area contributed by atoms with Crippen molar-refractivity contribution in [2.75, 3.05) is 33.7 Å². The number of rotatable bonds is 3. The Balaban J connectivity index is 1.65. The van der Waals surface area contributed by atoms with Gasteiger partial charge in [-0.3, -0.25) is 4.79 Å². The van der Waals surface area contributed by atoms with E-state index in [2.05, 4.69) is 15.2 Å². The molecule has 3 rings (SSSR count). The van der Waals surface area contributed by atoms with E-state index in [1.807, 2.05) is 0 Å². The summed E-state index contributed by atoms with van der Waals surface area (Å²) < 4.78 is 0. The van der Waals surface area contributed by atoms with Gasteiger partial charge in [0.15, 0.2) is 5.96 Å². The summed E-state index contributed by atoms with van der Waals surface area (Å²) in [7, 11) is 3.59. The van der Waals surface area contributed by atoms with Crippen molar-refractivity contribution in [3.63, 3.8) is 0 Å². The van der Waals surface area contributed by atoms with E-state index in [9.17, 15) is 4.79 Å². The standard InChI is InChI=1S/C17H30N4O/c1-20(2)15(22)12-18-16(19-14-6-3-4-7-14)21-11-10-17(13-21)8-5-9-17/h14H,3-13H2,1-2H3,(H,18,19). The first kappa shape index (κ1) is 15.6. The lowest BCUT2D eigenvalue weighted by molar-refractivity contribution is -0.127. The molecule has 0 unspecified atom stereocenters. The molecule has 0 bridgehead atoms. The molecule has 1 N–H and O–H groups in total. The zero-order chi connectivity index (χ0) is 15.6. The molecule has 0 atom stereocenters. The molecule has 124 valence electrons. The third-order valence-electron chi connectivity index (χ3n) is 5.70. The van der Waals surface area contributed by atoms with Crippen LogP contribution in [0.1, 0.15) is 51.4 Å². The number of likely N-dealkylation sites (N-methyl/N-ethyl adjacent to an activating group) is 1. The van der Waals surface area contributed by atoms with Gasteiger partial charge in [-0.05, 0) is 37.5 Å². The van der Waals surface area contributed by atoms with Crippen molar-refractivity contribution in [3.8, 4) is 0 Å². The van der Waals surface area contributed by atoms with Crippen LogP contribution in [-0.2, 0) is 4.79 Å². The summed E-state index contributed by atoms with van der Waals surface area (Å²) >= 11 is 0. The molecular weight excluding hydrogens is 276 g/mol. The maximum Gasteiger partial charge on any atom is 0.243 e. The van der Waals surface area contributed by atoms with Gasteiger partial charge in [-0.15, -0.1) is 0 Å². The molecule has 0 aromatic carbocycles. The number of nitrogens with one attached hydrogen (secondary N) is 1. The summed E-state index contributed by atoms with van der Waals surface area (Å²) in [4.78, 5) is 20.5. The quantitative estimate of drug-likeness (QED) is 0.639. The van der Waals surface area contributed by atoms with Gasteiger partial charge in [0.25, 0.3) is 0 Å². The van der Waals surface area contributed by atoms with Gasteiger partial charge >= 0.3 is 0 Å². The van der Waals surface area contributed by atoms with Gasteiger partial charge in [-0.2, -0.15) is 0 Å². The highest BCUT2D eigenvalue weighted by Gasteiger charge is 2.43. The van der Waals surface area contributed by atoms with Crippen LogP contribution < -0.4 is 5.32 Å². The maximum atomic E-state index is 11.9. The Morgan fingerprint density at radius 3 is 2.50 bits per heavy atom. The van der Waals surface area contributed by atoms with Crippen LogP contribution in [0, 0.1) is 5.41 Å². The molecule has 0 aromatic heterocycles. The summed E-state index contributed by atoms with van der Waals surface area (Å²) in [6, 6.07) is 0.547. The number of amides is 1. The highest BCUT2D eigenvalue weighted by Crippen LogP contribution is 2.47. The van der Waals surface area contributed by atoms with Gasteiger partial charge in [-0.1, -0.05) is 19.3 Å². The first-order valence-electron chi connectivity index (χ1n) is 8.84. The Bertz CT molecular complexity index is 436. The Labute approximate surface area is 134 Å². The predicted molar refractivity (Wildman–Crippen MR) is 88.9 cm³/mol. The Morgan fingerprint density at radius 1 is 1.23 bits per heavy atom. The van der Waals surface area contributed by atoms with E-state index in [0.29, 0.717) is 11.5 Å². The summed E-state index contributed by atoms with van der Waals surface area (Å²) in [5.74, 6) is 1.05. The van der Waals surface area contributed by atoms with E-state index >= 15 is 0 Å². The smallest absolute Gasteiger partial charge is 0.243 e. The Hall–Kier alpha value is -1.26. The van der Waals surface area contributed by atoms with E-state index in [1.165, 1.54) is 51.4 Å². The van der Waals surface area contributed by atoms with Crippen molar-refractivity contribution in [3.05, 3.63) is 0 Å². The fourth-order valence-electron chi connectivity index (χ4n) is 3.97.